The van der Waals surface area contributed by atoms with E-state index >= 15 is 0 Å². The number of benzene rings is 2. The van der Waals surface area contributed by atoms with E-state index in [2.05, 4.69) is 0 Å². The zero-order chi connectivity index (χ0) is 18.2. The molecule has 0 bridgehead atoms. The number of carbonyl (C=O) groups is 1. The van der Waals surface area contributed by atoms with Gasteiger partial charge < -0.3 is 25.2 Å². The van der Waals surface area contributed by atoms with E-state index in [9.17, 15) is 25.2 Å². The fourth-order valence-corrected chi connectivity index (χ4v) is 2.51. The normalized spacial score (nSPS) is 18.7. The molecule has 25 heavy (non-hydrogen) atoms. The molecule has 1 amide bonds. The van der Waals surface area contributed by atoms with Gasteiger partial charge in [0, 0.05) is 19.1 Å². The van der Waals surface area contributed by atoms with Crippen LogP contribution in [0.4, 0.5) is 0 Å². The molecule has 2 aromatic rings. The first-order chi connectivity index (χ1) is 11.8. The molecule has 3 rings (SSSR count). The molecule has 0 saturated heterocycles. The molecule has 1 aliphatic heterocycles. The summed E-state index contributed by atoms with van der Waals surface area (Å²) >= 11 is 0. The van der Waals surface area contributed by atoms with E-state index in [0.717, 1.165) is 12.3 Å². The van der Waals surface area contributed by atoms with Gasteiger partial charge in [-0.05, 0) is 17.7 Å². The van der Waals surface area contributed by atoms with Gasteiger partial charge in [0.2, 0.25) is 5.91 Å². The lowest BCUT2D eigenvalue weighted by Crippen LogP contribution is -2.40. The lowest BCUT2D eigenvalue weighted by atomic mass is 9.89. The molecule has 0 saturated carbocycles. The molecule has 1 atom stereocenters. The predicted molar refractivity (Wildman–Crippen MR) is 85.3 cm³/mol. The van der Waals surface area contributed by atoms with E-state index in [0.29, 0.717) is 5.56 Å². The number of phenolic OH excluding ortho intramolecular Hbond substituents is 3. The summed E-state index contributed by atoms with van der Waals surface area (Å²) in [4.78, 5) is 16.4. The Bertz CT molecular complexity index is 860. The number of amides is 1. The molecular formula is C17H15NO7. The van der Waals surface area contributed by atoms with E-state index < -0.39 is 17.4 Å². The number of carbonyl (C=O) groups excluding carboxylic acids is 1. The SMILES string of the molecule is CC(=O)NOC1(O)C(c2ccc(O)cc2)=COc2cc(O)cc(O)c21. The molecule has 0 radical (unpaired) electrons. The van der Waals surface area contributed by atoms with Crippen LogP contribution < -0.4 is 10.2 Å². The van der Waals surface area contributed by atoms with Crippen LogP contribution >= 0.6 is 0 Å². The Hall–Kier alpha value is -3.23. The van der Waals surface area contributed by atoms with Gasteiger partial charge in [0.25, 0.3) is 5.79 Å². The van der Waals surface area contributed by atoms with Crippen molar-refractivity contribution in [1.82, 2.24) is 5.48 Å². The third-order valence-electron chi connectivity index (χ3n) is 3.59. The molecule has 8 nitrogen and oxygen atoms in total. The highest BCUT2D eigenvalue weighted by atomic mass is 16.7. The van der Waals surface area contributed by atoms with Gasteiger partial charge in [0.15, 0.2) is 0 Å². The van der Waals surface area contributed by atoms with Gasteiger partial charge in [-0.3, -0.25) is 4.79 Å². The third kappa shape index (κ3) is 2.95. The van der Waals surface area contributed by atoms with Crippen molar-refractivity contribution in [3.8, 4) is 23.0 Å². The summed E-state index contributed by atoms with van der Waals surface area (Å²) in [5.74, 6) is -3.68. The Kier molecular flexibility index (Phi) is 3.99. The van der Waals surface area contributed by atoms with E-state index in [-0.39, 0.29) is 28.4 Å². The highest BCUT2D eigenvalue weighted by Gasteiger charge is 2.45. The van der Waals surface area contributed by atoms with Gasteiger partial charge in [-0.2, -0.15) is 0 Å². The monoisotopic (exact) mass is 345 g/mol. The summed E-state index contributed by atoms with van der Waals surface area (Å²) in [5.41, 5.74) is 2.32. The highest BCUT2D eigenvalue weighted by Crippen LogP contribution is 2.49. The number of hydrogen-bond acceptors (Lipinski definition) is 7. The Morgan fingerprint density at radius 2 is 1.80 bits per heavy atom. The molecule has 2 aromatic carbocycles. The molecular weight excluding hydrogens is 330 g/mol. The number of hydroxylamine groups is 1. The highest BCUT2D eigenvalue weighted by molar-refractivity contribution is 5.78. The molecule has 1 unspecified atom stereocenters. The summed E-state index contributed by atoms with van der Waals surface area (Å²) in [5, 5.41) is 40.3. The minimum absolute atomic E-state index is 0.0144. The molecule has 0 aromatic heterocycles. The van der Waals surface area contributed by atoms with Crippen LogP contribution in [0.5, 0.6) is 23.0 Å². The molecule has 0 fully saturated rings. The van der Waals surface area contributed by atoms with E-state index in [1.54, 1.807) is 0 Å². The summed E-state index contributed by atoms with van der Waals surface area (Å²) in [6.45, 7) is 1.18. The average molecular weight is 345 g/mol. The van der Waals surface area contributed by atoms with E-state index in [4.69, 9.17) is 9.57 Å². The smallest absolute Gasteiger partial charge is 0.254 e. The maximum Gasteiger partial charge on any atom is 0.254 e. The number of fused-ring (bicyclic) bond motifs is 1. The van der Waals surface area contributed by atoms with Crippen LogP contribution in [0.15, 0.2) is 42.7 Å². The topological polar surface area (TPSA) is 128 Å². The number of ether oxygens (including phenoxy) is 1. The maximum absolute atomic E-state index is 11.2. The van der Waals surface area contributed by atoms with Gasteiger partial charge in [-0.25, -0.2) is 10.3 Å². The fraction of sp³-hybridized carbons (Fsp3) is 0.118. The number of hydrogen-bond donors (Lipinski definition) is 5. The van der Waals surface area contributed by atoms with Gasteiger partial charge in [0.05, 0.1) is 5.57 Å². The van der Waals surface area contributed by atoms with Crippen molar-refractivity contribution >= 4 is 11.5 Å². The second-order valence-corrected chi connectivity index (χ2v) is 5.44. The minimum Gasteiger partial charge on any atom is -0.508 e. The largest absolute Gasteiger partial charge is 0.508 e. The van der Waals surface area contributed by atoms with Crippen LogP contribution in [0, 0.1) is 0 Å². The summed E-state index contributed by atoms with van der Waals surface area (Å²) < 4.78 is 5.39. The van der Waals surface area contributed by atoms with Crippen LogP contribution in [0.25, 0.3) is 5.57 Å². The van der Waals surface area contributed by atoms with Gasteiger partial charge >= 0.3 is 0 Å². The first-order valence-electron chi connectivity index (χ1n) is 7.21. The van der Waals surface area contributed by atoms with Crippen LogP contribution in [-0.4, -0.2) is 26.3 Å². The van der Waals surface area contributed by atoms with Crippen molar-refractivity contribution in [2.75, 3.05) is 0 Å². The number of aliphatic hydroxyl groups is 1. The summed E-state index contributed by atoms with van der Waals surface area (Å²) in [6, 6.07) is 7.96. The molecule has 0 aliphatic carbocycles. The zero-order valence-electron chi connectivity index (χ0n) is 13.1. The first-order valence-corrected chi connectivity index (χ1v) is 7.21. The van der Waals surface area contributed by atoms with Crippen molar-refractivity contribution in [3.05, 3.63) is 53.8 Å². The Labute approximate surface area is 142 Å². The second kappa shape index (κ2) is 6.00. The Balaban J connectivity index is 2.16. The second-order valence-electron chi connectivity index (χ2n) is 5.44. The number of phenols is 3. The van der Waals surface area contributed by atoms with Crippen LogP contribution in [0.1, 0.15) is 18.1 Å². The molecule has 5 N–H and O–H groups in total. The average Bonchev–Trinajstić information content (AvgIpc) is 2.54. The molecule has 1 heterocycles. The van der Waals surface area contributed by atoms with Crippen molar-refractivity contribution in [1.29, 1.82) is 0 Å². The quantitative estimate of drug-likeness (QED) is 0.421. The molecule has 130 valence electrons. The van der Waals surface area contributed by atoms with Crippen LogP contribution in [-0.2, 0) is 15.4 Å². The molecule has 8 heteroatoms. The minimum atomic E-state index is -2.30. The Morgan fingerprint density at radius 1 is 1.12 bits per heavy atom. The summed E-state index contributed by atoms with van der Waals surface area (Å²) in [7, 11) is 0. The first kappa shape index (κ1) is 16.6. The van der Waals surface area contributed by atoms with Crippen LogP contribution in [0.2, 0.25) is 0 Å². The maximum atomic E-state index is 11.2. The third-order valence-corrected chi connectivity index (χ3v) is 3.59. The van der Waals surface area contributed by atoms with E-state index in [1.165, 1.54) is 37.3 Å². The Morgan fingerprint density at radius 3 is 2.44 bits per heavy atom. The lowest BCUT2D eigenvalue weighted by Gasteiger charge is -2.34. The van der Waals surface area contributed by atoms with Gasteiger partial charge in [-0.15, -0.1) is 0 Å². The van der Waals surface area contributed by atoms with Crippen LogP contribution in [0.3, 0.4) is 0 Å². The number of nitrogens with one attached hydrogen (secondary N) is 1. The number of rotatable bonds is 3. The van der Waals surface area contributed by atoms with Crippen molar-refractivity contribution in [3.63, 3.8) is 0 Å². The molecule has 1 aliphatic rings. The predicted octanol–water partition coefficient (Wildman–Crippen LogP) is 1.45. The molecule has 0 spiro atoms. The zero-order valence-corrected chi connectivity index (χ0v) is 13.1. The standard InChI is InChI=1S/C17H15NO7/c1-9(19)18-25-17(23)13(10-2-4-11(20)5-3-10)8-24-15-7-12(21)6-14(22)16(15)17/h2-8,20-23H,1H3,(H,18,19). The van der Waals surface area contributed by atoms with Crippen molar-refractivity contribution < 1.29 is 34.8 Å². The fourth-order valence-electron chi connectivity index (χ4n) is 2.51. The summed E-state index contributed by atoms with van der Waals surface area (Å²) in [6.07, 6.45) is 1.16. The lowest BCUT2D eigenvalue weighted by molar-refractivity contribution is -0.211. The van der Waals surface area contributed by atoms with Crippen molar-refractivity contribution in [2.24, 2.45) is 0 Å². The van der Waals surface area contributed by atoms with E-state index in [1.807, 2.05) is 5.48 Å². The van der Waals surface area contributed by atoms with Crippen molar-refractivity contribution in [2.45, 2.75) is 12.7 Å². The van der Waals surface area contributed by atoms with Gasteiger partial charge in [-0.1, -0.05) is 12.1 Å². The van der Waals surface area contributed by atoms with Gasteiger partial charge in [0.1, 0.15) is 34.8 Å². The number of aromatic hydroxyl groups is 3.